The molecule has 0 spiro atoms. The summed E-state index contributed by atoms with van der Waals surface area (Å²) in [5.41, 5.74) is 2.41. The van der Waals surface area contributed by atoms with Gasteiger partial charge in [-0.15, -0.1) is 0 Å². The Bertz CT molecular complexity index is 856. The Morgan fingerprint density at radius 2 is 2.08 bits per heavy atom. The van der Waals surface area contributed by atoms with Crippen molar-refractivity contribution in [3.63, 3.8) is 0 Å². The standard InChI is InChI=1S/C18H23N5O2/c1-18(2,3)23-9-12-5-4-11-8-22(10-13(11)16(12)21-23)17(25)14-6-7-15(24)20-19-14/h6-7,9,11,13H,4-5,8,10H2,1-3H3,(H,20,24)/t11-,13+/m1/s1. The molecule has 132 valence electrons. The van der Waals surface area contributed by atoms with Gasteiger partial charge in [0.25, 0.3) is 11.5 Å². The molecule has 0 saturated carbocycles. The van der Waals surface area contributed by atoms with Crippen LogP contribution in [0.3, 0.4) is 0 Å². The molecule has 1 aliphatic carbocycles. The van der Waals surface area contributed by atoms with Gasteiger partial charge in [0.1, 0.15) is 5.69 Å². The van der Waals surface area contributed by atoms with Crippen LogP contribution in [0.1, 0.15) is 54.9 Å². The Hall–Kier alpha value is -2.44. The van der Waals surface area contributed by atoms with Gasteiger partial charge < -0.3 is 4.90 Å². The molecular formula is C18H23N5O2. The average molecular weight is 341 g/mol. The van der Waals surface area contributed by atoms with Crippen LogP contribution in [0.2, 0.25) is 0 Å². The van der Waals surface area contributed by atoms with Gasteiger partial charge in [0.2, 0.25) is 0 Å². The summed E-state index contributed by atoms with van der Waals surface area (Å²) in [5, 5.41) is 11.1. The van der Waals surface area contributed by atoms with Crippen molar-refractivity contribution in [2.45, 2.75) is 45.1 Å². The number of carbonyl (C=O) groups excluding carboxylic acids is 1. The van der Waals surface area contributed by atoms with Crippen molar-refractivity contribution >= 4 is 5.91 Å². The van der Waals surface area contributed by atoms with Crippen molar-refractivity contribution in [3.8, 4) is 0 Å². The molecule has 2 atom stereocenters. The van der Waals surface area contributed by atoms with Gasteiger partial charge in [-0.1, -0.05) is 0 Å². The summed E-state index contributed by atoms with van der Waals surface area (Å²) in [5.74, 6) is 0.615. The summed E-state index contributed by atoms with van der Waals surface area (Å²) in [6.45, 7) is 7.84. The fourth-order valence-electron chi connectivity index (χ4n) is 3.88. The highest BCUT2D eigenvalue weighted by Crippen LogP contribution is 2.41. The van der Waals surface area contributed by atoms with Crippen LogP contribution in [0, 0.1) is 5.92 Å². The third kappa shape index (κ3) is 2.77. The summed E-state index contributed by atoms with van der Waals surface area (Å²) in [6.07, 6.45) is 4.27. The predicted octanol–water partition coefficient (Wildman–Crippen LogP) is 1.52. The van der Waals surface area contributed by atoms with Gasteiger partial charge >= 0.3 is 0 Å². The van der Waals surface area contributed by atoms with E-state index in [1.807, 2.05) is 9.58 Å². The van der Waals surface area contributed by atoms with Crippen molar-refractivity contribution < 1.29 is 4.79 Å². The van der Waals surface area contributed by atoms with Crippen molar-refractivity contribution in [1.82, 2.24) is 24.9 Å². The second-order valence-electron chi connectivity index (χ2n) is 8.08. The fraction of sp³-hybridized carbons (Fsp3) is 0.556. The SMILES string of the molecule is CC(C)(C)n1cc2c(n1)[C@H]1CN(C(=O)c3ccc(=O)[nH]n3)C[C@H]1CC2. The Morgan fingerprint density at radius 1 is 1.28 bits per heavy atom. The highest BCUT2D eigenvalue weighted by atomic mass is 16.2. The molecule has 2 aromatic rings. The maximum Gasteiger partial charge on any atom is 0.274 e. The third-order valence-electron chi connectivity index (χ3n) is 5.27. The van der Waals surface area contributed by atoms with Crippen LogP contribution in [-0.4, -0.2) is 43.9 Å². The molecule has 0 bridgehead atoms. The number of amides is 1. The van der Waals surface area contributed by atoms with Crippen molar-refractivity contribution in [1.29, 1.82) is 0 Å². The van der Waals surface area contributed by atoms with Crippen LogP contribution in [0.15, 0.2) is 23.1 Å². The molecule has 2 aliphatic rings. The van der Waals surface area contributed by atoms with Gasteiger partial charge in [0, 0.05) is 31.3 Å². The van der Waals surface area contributed by atoms with Crippen molar-refractivity contribution in [3.05, 3.63) is 45.6 Å². The Labute approximate surface area is 146 Å². The highest BCUT2D eigenvalue weighted by Gasteiger charge is 2.41. The molecule has 1 amide bonds. The van der Waals surface area contributed by atoms with E-state index in [4.69, 9.17) is 5.10 Å². The van der Waals surface area contributed by atoms with E-state index in [9.17, 15) is 9.59 Å². The molecular weight excluding hydrogens is 318 g/mol. The normalized spacial score (nSPS) is 22.6. The lowest BCUT2D eigenvalue weighted by Gasteiger charge is -2.22. The molecule has 7 heteroatoms. The second kappa shape index (κ2) is 5.54. The topological polar surface area (TPSA) is 83.9 Å². The molecule has 25 heavy (non-hydrogen) atoms. The second-order valence-corrected chi connectivity index (χ2v) is 8.08. The number of carbonyl (C=O) groups is 1. The maximum absolute atomic E-state index is 12.7. The average Bonchev–Trinajstić information content (AvgIpc) is 3.18. The van der Waals surface area contributed by atoms with Crippen LogP contribution in [0.5, 0.6) is 0 Å². The lowest BCUT2D eigenvalue weighted by atomic mass is 9.81. The maximum atomic E-state index is 12.7. The number of aromatic amines is 1. The highest BCUT2D eigenvalue weighted by molar-refractivity contribution is 5.92. The molecule has 1 fully saturated rings. The molecule has 7 nitrogen and oxygen atoms in total. The molecule has 1 aliphatic heterocycles. The minimum Gasteiger partial charge on any atom is -0.336 e. The smallest absolute Gasteiger partial charge is 0.274 e. The summed E-state index contributed by atoms with van der Waals surface area (Å²) in [6, 6.07) is 2.83. The fourth-order valence-corrected chi connectivity index (χ4v) is 3.88. The minimum atomic E-state index is -0.302. The van der Waals surface area contributed by atoms with Crippen LogP contribution < -0.4 is 5.56 Å². The molecule has 0 unspecified atom stereocenters. The lowest BCUT2D eigenvalue weighted by Crippen LogP contribution is -2.30. The zero-order valence-electron chi connectivity index (χ0n) is 14.8. The summed E-state index contributed by atoms with van der Waals surface area (Å²) < 4.78 is 2.05. The first-order valence-electron chi connectivity index (χ1n) is 8.77. The number of aromatic nitrogens is 4. The van der Waals surface area contributed by atoms with E-state index >= 15 is 0 Å². The molecule has 2 aromatic heterocycles. The van der Waals surface area contributed by atoms with Crippen LogP contribution in [-0.2, 0) is 12.0 Å². The zero-order chi connectivity index (χ0) is 17.8. The molecule has 0 radical (unpaired) electrons. The van der Waals surface area contributed by atoms with Gasteiger partial charge in [-0.05, 0) is 51.2 Å². The summed E-state index contributed by atoms with van der Waals surface area (Å²) in [4.78, 5) is 25.7. The molecule has 1 N–H and O–H groups in total. The first-order chi connectivity index (χ1) is 11.8. The van der Waals surface area contributed by atoms with Gasteiger partial charge in [-0.25, -0.2) is 5.10 Å². The predicted molar refractivity (Wildman–Crippen MR) is 92.5 cm³/mol. The van der Waals surface area contributed by atoms with Gasteiger partial charge in [0.05, 0.1) is 11.2 Å². The monoisotopic (exact) mass is 341 g/mol. The van der Waals surface area contributed by atoms with E-state index in [1.54, 1.807) is 0 Å². The minimum absolute atomic E-state index is 0.0409. The van der Waals surface area contributed by atoms with Gasteiger partial charge in [-0.2, -0.15) is 10.2 Å². The summed E-state index contributed by atoms with van der Waals surface area (Å²) >= 11 is 0. The number of aryl methyl sites for hydroxylation is 1. The number of rotatable bonds is 1. The van der Waals surface area contributed by atoms with E-state index in [0.29, 0.717) is 24.1 Å². The Balaban J connectivity index is 1.58. The molecule has 0 aromatic carbocycles. The number of hydrogen-bond acceptors (Lipinski definition) is 4. The number of nitrogens with zero attached hydrogens (tertiary/aromatic N) is 4. The Kier molecular flexibility index (Phi) is 3.56. The quantitative estimate of drug-likeness (QED) is 0.852. The van der Waals surface area contributed by atoms with E-state index in [2.05, 4.69) is 37.2 Å². The van der Waals surface area contributed by atoms with Crippen LogP contribution in [0.4, 0.5) is 0 Å². The van der Waals surface area contributed by atoms with Gasteiger partial charge in [0.15, 0.2) is 0 Å². The molecule has 4 rings (SSSR count). The number of nitrogens with one attached hydrogen (secondary N) is 1. The van der Waals surface area contributed by atoms with Crippen LogP contribution >= 0.6 is 0 Å². The number of likely N-dealkylation sites (tertiary alicyclic amines) is 1. The first-order valence-corrected chi connectivity index (χ1v) is 8.77. The van der Waals surface area contributed by atoms with Crippen molar-refractivity contribution in [2.75, 3.05) is 13.1 Å². The zero-order valence-corrected chi connectivity index (χ0v) is 14.8. The largest absolute Gasteiger partial charge is 0.336 e. The Morgan fingerprint density at radius 3 is 2.76 bits per heavy atom. The number of fused-ring (bicyclic) bond motifs is 3. The van der Waals surface area contributed by atoms with E-state index < -0.39 is 0 Å². The lowest BCUT2D eigenvalue weighted by molar-refractivity contribution is 0.0778. The van der Waals surface area contributed by atoms with E-state index in [1.165, 1.54) is 17.7 Å². The number of H-pyrrole nitrogens is 1. The van der Waals surface area contributed by atoms with Crippen LogP contribution in [0.25, 0.3) is 0 Å². The molecule has 1 saturated heterocycles. The van der Waals surface area contributed by atoms with E-state index in [-0.39, 0.29) is 17.0 Å². The number of hydrogen-bond donors (Lipinski definition) is 1. The third-order valence-corrected chi connectivity index (χ3v) is 5.27. The summed E-state index contributed by atoms with van der Waals surface area (Å²) in [7, 11) is 0. The van der Waals surface area contributed by atoms with E-state index in [0.717, 1.165) is 25.1 Å². The molecule has 3 heterocycles. The van der Waals surface area contributed by atoms with Crippen molar-refractivity contribution in [2.24, 2.45) is 5.92 Å². The van der Waals surface area contributed by atoms with Gasteiger partial charge in [-0.3, -0.25) is 14.3 Å². The first kappa shape index (κ1) is 16.1.